The van der Waals surface area contributed by atoms with E-state index in [2.05, 4.69) is 11.8 Å². The van der Waals surface area contributed by atoms with Crippen LogP contribution < -0.4 is 5.73 Å². The molecule has 0 aliphatic heterocycles. The number of hydrogen-bond donors (Lipinski definition) is 2. The molecule has 0 bridgehead atoms. The van der Waals surface area contributed by atoms with Crippen LogP contribution in [0.2, 0.25) is 0 Å². The molecule has 0 aliphatic carbocycles. The van der Waals surface area contributed by atoms with E-state index in [1.54, 1.807) is 18.2 Å². The molecule has 90 valence electrons. The molecule has 18 heavy (non-hydrogen) atoms. The first-order chi connectivity index (χ1) is 8.59. The Balaban J connectivity index is 2.47. The van der Waals surface area contributed by atoms with Crippen LogP contribution in [0.15, 0.2) is 36.4 Å². The van der Waals surface area contributed by atoms with Crippen LogP contribution in [0.25, 0.3) is 0 Å². The molecule has 0 aliphatic rings. The first-order valence-electron chi connectivity index (χ1n) is 5.75. The molecule has 2 rings (SSSR count). The van der Waals surface area contributed by atoms with Crippen molar-refractivity contribution in [1.82, 2.24) is 0 Å². The Kier molecular flexibility index (Phi) is 3.25. The first kappa shape index (κ1) is 12.1. The quantitative estimate of drug-likeness (QED) is 0.420. The Labute approximate surface area is 107 Å². The van der Waals surface area contributed by atoms with Crippen LogP contribution in [0, 0.1) is 25.7 Å². The number of hydrogen-bond acceptors (Lipinski definition) is 2. The summed E-state index contributed by atoms with van der Waals surface area (Å²) in [6, 6.07) is 11.2. The van der Waals surface area contributed by atoms with E-state index >= 15 is 0 Å². The molecule has 0 aromatic heterocycles. The summed E-state index contributed by atoms with van der Waals surface area (Å²) in [6.45, 7) is 4.05. The number of phenols is 1. The number of para-hydroxylation sites is 1. The van der Waals surface area contributed by atoms with Crippen molar-refractivity contribution in [1.29, 1.82) is 0 Å². The van der Waals surface area contributed by atoms with Crippen molar-refractivity contribution in [2.75, 3.05) is 5.73 Å². The van der Waals surface area contributed by atoms with Crippen molar-refractivity contribution in [2.45, 2.75) is 13.8 Å². The molecular formula is C16H15NO. The van der Waals surface area contributed by atoms with Crippen LogP contribution in [0.4, 0.5) is 5.69 Å². The Morgan fingerprint density at radius 1 is 0.944 bits per heavy atom. The summed E-state index contributed by atoms with van der Waals surface area (Å²) in [5.41, 5.74) is 9.80. The molecule has 0 radical (unpaired) electrons. The molecule has 0 amide bonds. The highest BCUT2D eigenvalue weighted by Gasteiger charge is 2.01. The predicted octanol–water partition coefficient (Wildman–Crippen LogP) is 2.99. The monoisotopic (exact) mass is 237 g/mol. The smallest absolute Gasteiger partial charge is 0.154 e. The van der Waals surface area contributed by atoms with Crippen molar-refractivity contribution in [2.24, 2.45) is 0 Å². The Bertz CT molecular complexity index is 628. The van der Waals surface area contributed by atoms with Crippen molar-refractivity contribution >= 4 is 5.69 Å². The second-order valence-electron chi connectivity index (χ2n) is 4.26. The summed E-state index contributed by atoms with van der Waals surface area (Å²) in [4.78, 5) is 0. The lowest BCUT2D eigenvalue weighted by Gasteiger charge is -2.02. The maximum absolute atomic E-state index is 9.79. The van der Waals surface area contributed by atoms with E-state index in [-0.39, 0.29) is 5.75 Å². The maximum atomic E-state index is 9.79. The molecule has 0 spiro atoms. The zero-order valence-electron chi connectivity index (χ0n) is 10.5. The second kappa shape index (κ2) is 4.85. The van der Waals surface area contributed by atoms with Crippen LogP contribution >= 0.6 is 0 Å². The highest BCUT2D eigenvalue weighted by atomic mass is 16.3. The zero-order valence-corrected chi connectivity index (χ0v) is 10.5. The predicted molar refractivity (Wildman–Crippen MR) is 74.4 cm³/mol. The third-order valence-electron chi connectivity index (χ3n) is 2.87. The van der Waals surface area contributed by atoms with Gasteiger partial charge in [0, 0.05) is 5.56 Å². The Morgan fingerprint density at radius 3 is 2.22 bits per heavy atom. The van der Waals surface area contributed by atoms with Gasteiger partial charge in [-0.1, -0.05) is 36.1 Å². The number of rotatable bonds is 0. The van der Waals surface area contributed by atoms with E-state index in [1.165, 1.54) is 0 Å². The van der Waals surface area contributed by atoms with Gasteiger partial charge in [0.25, 0.3) is 0 Å². The van der Waals surface area contributed by atoms with Gasteiger partial charge in [-0.05, 0) is 37.1 Å². The summed E-state index contributed by atoms with van der Waals surface area (Å²) >= 11 is 0. The van der Waals surface area contributed by atoms with E-state index < -0.39 is 0 Å². The lowest BCUT2D eigenvalue weighted by atomic mass is 10.0. The SMILES string of the molecule is Cc1cccc(C)c1C#Cc1cccc(N)c1O. The van der Waals surface area contributed by atoms with Gasteiger partial charge in [0.15, 0.2) is 5.75 Å². The molecule has 2 nitrogen and oxygen atoms in total. The summed E-state index contributed by atoms with van der Waals surface area (Å²) in [5, 5.41) is 9.79. The molecule has 0 saturated carbocycles. The van der Waals surface area contributed by atoms with Crippen molar-refractivity contribution in [3.05, 3.63) is 58.7 Å². The summed E-state index contributed by atoms with van der Waals surface area (Å²) in [7, 11) is 0. The van der Waals surface area contributed by atoms with Crippen molar-refractivity contribution in [3.63, 3.8) is 0 Å². The van der Waals surface area contributed by atoms with Gasteiger partial charge >= 0.3 is 0 Å². The first-order valence-corrected chi connectivity index (χ1v) is 5.75. The number of nitrogen functional groups attached to an aromatic ring is 1. The van der Waals surface area contributed by atoms with Gasteiger partial charge in [-0.25, -0.2) is 0 Å². The largest absolute Gasteiger partial charge is 0.505 e. The Hall–Kier alpha value is -2.40. The second-order valence-corrected chi connectivity index (χ2v) is 4.26. The summed E-state index contributed by atoms with van der Waals surface area (Å²) in [5.74, 6) is 6.12. The average Bonchev–Trinajstić information content (AvgIpc) is 2.33. The molecule has 2 aromatic carbocycles. The molecule has 0 heterocycles. The Morgan fingerprint density at radius 2 is 1.56 bits per heavy atom. The average molecular weight is 237 g/mol. The van der Waals surface area contributed by atoms with Gasteiger partial charge in [0.1, 0.15) is 0 Å². The van der Waals surface area contributed by atoms with E-state index in [1.807, 2.05) is 32.0 Å². The lowest BCUT2D eigenvalue weighted by Crippen LogP contribution is -1.89. The number of anilines is 1. The molecular weight excluding hydrogens is 222 g/mol. The van der Waals surface area contributed by atoms with Gasteiger partial charge < -0.3 is 10.8 Å². The third-order valence-corrected chi connectivity index (χ3v) is 2.87. The number of benzene rings is 2. The highest BCUT2D eigenvalue weighted by molar-refractivity contribution is 5.62. The molecule has 0 unspecified atom stereocenters. The van der Waals surface area contributed by atoms with Crippen molar-refractivity contribution in [3.8, 4) is 17.6 Å². The van der Waals surface area contributed by atoms with Crippen LogP contribution in [-0.2, 0) is 0 Å². The minimum Gasteiger partial charge on any atom is -0.505 e. The van der Waals surface area contributed by atoms with Gasteiger partial charge in [0.2, 0.25) is 0 Å². The standard InChI is InChI=1S/C16H15NO/c1-11-5-3-6-12(2)14(11)10-9-13-7-4-8-15(17)16(13)18/h3-8,18H,17H2,1-2H3. The normalized spacial score (nSPS) is 9.67. The molecule has 2 aromatic rings. The fourth-order valence-corrected chi connectivity index (χ4v) is 1.80. The zero-order chi connectivity index (χ0) is 13.1. The maximum Gasteiger partial charge on any atom is 0.154 e. The molecule has 3 N–H and O–H groups in total. The van der Waals surface area contributed by atoms with E-state index in [4.69, 9.17) is 5.73 Å². The van der Waals surface area contributed by atoms with Gasteiger partial charge in [-0.2, -0.15) is 0 Å². The number of phenolic OH excluding ortho intramolecular Hbond substituents is 1. The molecule has 0 saturated heterocycles. The number of aromatic hydroxyl groups is 1. The van der Waals surface area contributed by atoms with Crippen molar-refractivity contribution < 1.29 is 5.11 Å². The van der Waals surface area contributed by atoms with E-state index in [9.17, 15) is 5.11 Å². The molecule has 2 heteroatoms. The van der Waals surface area contributed by atoms with Crippen LogP contribution in [0.1, 0.15) is 22.3 Å². The fourth-order valence-electron chi connectivity index (χ4n) is 1.80. The molecule has 0 atom stereocenters. The van der Waals surface area contributed by atoms with Crippen LogP contribution in [0.3, 0.4) is 0 Å². The molecule has 0 fully saturated rings. The minimum absolute atomic E-state index is 0.0521. The van der Waals surface area contributed by atoms with Crippen LogP contribution in [0.5, 0.6) is 5.75 Å². The summed E-state index contributed by atoms with van der Waals surface area (Å²) < 4.78 is 0. The van der Waals surface area contributed by atoms with E-state index in [0.717, 1.165) is 16.7 Å². The van der Waals surface area contributed by atoms with Crippen LogP contribution in [-0.4, -0.2) is 5.11 Å². The van der Waals surface area contributed by atoms with Gasteiger partial charge in [-0.3, -0.25) is 0 Å². The fraction of sp³-hybridized carbons (Fsp3) is 0.125. The highest BCUT2D eigenvalue weighted by Crippen LogP contribution is 2.23. The summed E-state index contributed by atoms with van der Waals surface area (Å²) in [6.07, 6.45) is 0. The topological polar surface area (TPSA) is 46.2 Å². The third kappa shape index (κ3) is 2.31. The number of aryl methyl sites for hydroxylation is 2. The minimum atomic E-state index is 0.0521. The van der Waals surface area contributed by atoms with E-state index in [0.29, 0.717) is 11.3 Å². The lowest BCUT2D eigenvalue weighted by molar-refractivity contribution is 0.476. The van der Waals surface area contributed by atoms with Gasteiger partial charge in [-0.15, -0.1) is 0 Å². The van der Waals surface area contributed by atoms with Gasteiger partial charge in [0.05, 0.1) is 11.3 Å². The number of nitrogens with two attached hydrogens (primary N) is 1.